The number of hydrogen-bond acceptors (Lipinski definition) is 2. The summed E-state index contributed by atoms with van der Waals surface area (Å²) in [5.41, 5.74) is 5.89. The first-order valence-electron chi connectivity index (χ1n) is 5.64. The summed E-state index contributed by atoms with van der Waals surface area (Å²) >= 11 is 0. The summed E-state index contributed by atoms with van der Waals surface area (Å²) in [4.78, 5) is 2.54. The van der Waals surface area contributed by atoms with Gasteiger partial charge < -0.3 is 5.73 Å². The van der Waals surface area contributed by atoms with Crippen LogP contribution in [0.15, 0.2) is 0 Å². The van der Waals surface area contributed by atoms with Gasteiger partial charge >= 0.3 is 0 Å². The van der Waals surface area contributed by atoms with Gasteiger partial charge in [-0.1, -0.05) is 13.3 Å². The molecule has 2 N–H and O–H groups in total. The fraction of sp³-hybridized carbons (Fsp3) is 1.00. The highest BCUT2D eigenvalue weighted by Gasteiger charge is 2.23. The molecule has 0 saturated carbocycles. The van der Waals surface area contributed by atoms with Crippen LogP contribution in [-0.4, -0.2) is 30.1 Å². The Morgan fingerprint density at radius 2 is 1.85 bits per heavy atom. The largest absolute Gasteiger partial charge is 0.327 e. The third kappa shape index (κ3) is 2.96. The van der Waals surface area contributed by atoms with Crippen LogP contribution in [0.4, 0.5) is 0 Å². The summed E-state index contributed by atoms with van der Waals surface area (Å²) in [6.07, 6.45) is 4.08. The van der Waals surface area contributed by atoms with E-state index in [1.54, 1.807) is 0 Å². The van der Waals surface area contributed by atoms with Crippen LogP contribution in [0, 0.1) is 5.92 Å². The molecule has 0 bridgehead atoms. The van der Waals surface area contributed by atoms with Gasteiger partial charge in [0.1, 0.15) is 0 Å². The minimum Gasteiger partial charge on any atom is -0.327 e. The van der Waals surface area contributed by atoms with E-state index in [1.807, 2.05) is 0 Å². The fourth-order valence-corrected chi connectivity index (χ4v) is 2.10. The van der Waals surface area contributed by atoms with Crippen molar-refractivity contribution >= 4 is 0 Å². The quantitative estimate of drug-likeness (QED) is 0.725. The molecule has 0 aromatic carbocycles. The Hall–Kier alpha value is -0.0800. The van der Waals surface area contributed by atoms with Crippen LogP contribution in [-0.2, 0) is 0 Å². The van der Waals surface area contributed by atoms with E-state index in [9.17, 15) is 0 Å². The van der Waals surface area contributed by atoms with Gasteiger partial charge in [-0.15, -0.1) is 0 Å². The summed E-state index contributed by atoms with van der Waals surface area (Å²) in [7, 11) is 0. The van der Waals surface area contributed by atoms with Crippen LogP contribution in [0.25, 0.3) is 0 Å². The number of hydrogen-bond donors (Lipinski definition) is 1. The monoisotopic (exact) mass is 184 g/mol. The summed E-state index contributed by atoms with van der Waals surface area (Å²) in [6.45, 7) is 9.16. The van der Waals surface area contributed by atoms with Gasteiger partial charge in [0, 0.05) is 12.1 Å². The first-order valence-corrected chi connectivity index (χ1v) is 5.64. The van der Waals surface area contributed by atoms with Gasteiger partial charge in [0.2, 0.25) is 0 Å². The number of likely N-dealkylation sites (tertiary alicyclic amines) is 1. The van der Waals surface area contributed by atoms with Gasteiger partial charge in [-0.05, 0) is 45.7 Å². The van der Waals surface area contributed by atoms with Crippen molar-refractivity contribution in [3.8, 4) is 0 Å². The third-order valence-corrected chi connectivity index (χ3v) is 3.56. The highest BCUT2D eigenvalue weighted by molar-refractivity contribution is 4.79. The molecule has 2 unspecified atom stereocenters. The maximum absolute atomic E-state index is 5.89. The molecule has 1 rings (SSSR count). The van der Waals surface area contributed by atoms with Crippen molar-refractivity contribution in [2.75, 3.05) is 13.1 Å². The van der Waals surface area contributed by atoms with E-state index < -0.39 is 0 Å². The normalized spacial score (nSPS) is 25.8. The highest BCUT2D eigenvalue weighted by Crippen LogP contribution is 2.21. The van der Waals surface area contributed by atoms with E-state index in [-0.39, 0.29) is 0 Å². The van der Waals surface area contributed by atoms with Crippen molar-refractivity contribution in [3.05, 3.63) is 0 Å². The Morgan fingerprint density at radius 1 is 1.31 bits per heavy atom. The van der Waals surface area contributed by atoms with Crippen molar-refractivity contribution in [3.63, 3.8) is 0 Å². The maximum atomic E-state index is 5.89. The molecule has 1 saturated heterocycles. The van der Waals surface area contributed by atoms with Gasteiger partial charge in [-0.2, -0.15) is 0 Å². The van der Waals surface area contributed by atoms with Crippen LogP contribution in [0.3, 0.4) is 0 Å². The predicted octanol–water partition coefficient (Wildman–Crippen LogP) is 1.84. The highest BCUT2D eigenvalue weighted by atomic mass is 15.2. The van der Waals surface area contributed by atoms with Gasteiger partial charge in [0.25, 0.3) is 0 Å². The number of nitrogens with two attached hydrogens (primary N) is 1. The second kappa shape index (κ2) is 4.97. The smallest absolute Gasteiger partial charge is 0.0216 e. The van der Waals surface area contributed by atoms with Gasteiger partial charge in [0.15, 0.2) is 0 Å². The van der Waals surface area contributed by atoms with Crippen molar-refractivity contribution in [1.82, 2.24) is 4.90 Å². The molecule has 0 aliphatic carbocycles. The lowest BCUT2D eigenvalue weighted by Gasteiger charge is -2.37. The molecule has 0 amide bonds. The van der Waals surface area contributed by atoms with E-state index >= 15 is 0 Å². The maximum Gasteiger partial charge on any atom is 0.0216 e. The molecule has 2 atom stereocenters. The van der Waals surface area contributed by atoms with E-state index in [2.05, 4.69) is 25.7 Å². The lowest BCUT2D eigenvalue weighted by Crippen LogP contribution is -2.47. The SMILES string of the molecule is CCC1CCN(C(C)C(C)N)CC1. The Morgan fingerprint density at radius 3 is 2.23 bits per heavy atom. The topological polar surface area (TPSA) is 29.3 Å². The Bertz CT molecular complexity index is 137. The van der Waals surface area contributed by atoms with E-state index in [0.717, 1.165) is 5.92 Å². The number of piperidine rings is 1. The van der Waals surface area contributed by atoms with Crippen LogP contribution < -0.4 is 5.73 Å². The zero-order chi connectivity index (χ0) is 9.84. The van der Waals surface area contributed by atoms with Crippen molar-refractivity contribution in [1.29, 1.82) is 0 Å². The molecule has 0 radical (unpaired) electrons. The summed E-state index contributed by atoms with van der Waals surface area (Å²) < 4.78 is 0. The fourth-order valence-electron chi connectivity index (χ4n) is 2.10. The minimum atomic E-state index is 0.304. The molecule has 1 fully saturated rings. The van der Waals surface area contributed by atoms with Crippen LogP contribution >= 0.6 is 0 Å². The zero-order valence-electron chi connectivity index (χ0n) is 9.29. The molecule has 2 heteroatoms. The third-order valence-electron chi connectivity index (χ3n) is 3.56. The molecule has 0 spiro atoms. The molecular formula is C11H24N2. The summed E-state index contributed by atoms with van der Waals surface area (Å²) in [5.74, 6) is 0.969. The molecule has 0 aromatic rings. The number of nitrogens with zero attached hydrogens (tertiary/aromatic N) is 1. The predicted molar refractivity (Wildman–Crippen MR) is 57.7 cm³/mol. The van der Waals surface area contributed by atoms with Crippen LogP contribution in [0.5, 0.6) is 0 Å². The Kier molecular flexibility index (Phi) is 4.20. The summed E-state index contributed by atoms with van der Waals surface area (Å²) in [6, 6.07) is 0.857. The van der Waals surface area contributed by atoms with Gasteiger partial charge in [0.05, 0.1) is 0 Å². The molecule has 1 aliphatic heterocycles. The van der Waals surface area contributed by atoms with Gasteiger partial charge in [-0.25, -0.2) is 0 Å². The first kappa shape index (κ1) is 11.0. The Balaban J connectivity index is 2.32. The molecule has 1 aliphatic rings. The molecule has 2 nitrogen and oxygen atoms in total. The Labute approximate surface area is 82.5 Å². The number of rotatable bonds is 3. The molecular weight excluding hydrogens is 160 g/mol. The second-order valence-corrected chi connectivity index (χ2v) is 4.49. The molecule has 1 heterocycles. The van der Waals surface area contributed by atoms with Crippen LogP contribution in [0.2, 0.25) is 0 Å². The van der Waals surface area contributed by atoms with Crippen molar-refractivity contribution < 1.29 is 0 Å². The standard InChI is InChI=1S/C11H24N2/c1-4-11-5-7-13(8-6-11)10(3)9(2)12/h9-11H,4-8,12H2,1-3H3. The lowest BCUT2D eigenvalue weighted by molar-refractivity contribution is 0.127. The average Bonchev–Trinajstić information content (AvgIpc) is 2.17. The van der Waals surface area contributed by atoms with Gasteiger partial charge in [-0.3, -0.25) is 4.90 Å². The van der Waals surface area contributed by atoms with E-state index in [4.69, 9.17) is 5.73 Å². The molecule has 78 valence electrons. The minimum absolute atomic E-state index is 0.304. The summed E-state index contributed by atoms with van der Waals surface area (Å²) in [5, 5.41) is 0. The van der Waals surface area contributed by atoms with E-state index in [1.165, 1.54) is 32.4 Å². The van der Waals surface area contributed by atoms with Crippen LogP contribution in [0.1, 0.15) is 40.0 Å². The van der Waals surface area contributed by atoms with Crippen molar-refractivity contribution in [2.45, 2.75) is 52.1 Å². The lowest BCUT2D eigenvalue weighted by atomic mass is 9.93. The molecule has 0 aromatic heterocycles. The zero-order valence-corrected chi connectivity index (χ0v) is 9.29. The van der Waals surface area contributed by atoms with Crippen molar-refractivity contribution in [2.24, 2.45) is 11.7 Å². The first-order chi connectivity index (χ1) is 6.15. The average molecular weight is 184 g/mol. The molecule has 13 heavy (non-hydrogen) atoms. The second-order valence-electron chi connectivity index (χ2n) is 4.49. The van der Waals surface area contributed by atoms with E-state index in [0.29, 0.717) is 12.1 Å².